The maximum absolute atomic E-state index is 12.9. The van der Waals surface area contributed by atoms with Crippen molar-refractivity contribution in [2.24, 2.45) is 0 Å². The minimum Gasteiger partial charge on any atom is -0.340 e. The largest absolute Gasteiger partial charge is 0.340 e. The summed E-state index contributed by atoms with van der Waals surface area (Å²) in [5.74, 6) is -0.773. The van der Waals surface area contributed by atoms with Crippen molar-refractivity contribution >= 4 is 21.7 Å². The second-order valence-electron chi connectivity index (χ2n) is 5.40. The Morgan fingerprint density at radius 1 is 1.26 bits per heavy atom. The molecule has 2 rings (SSSR count). The van der Waals surface area contributed by atoms with Crippen LogP contribution in [0.4, 0.5) is 4.39 Å². The van der Waals surface area contributed by atoms with E-state index in [2.05, 4.69) is 4.72 Å². The number of nitrogens with zero attached hydrogens (tertiary/aromatic N) is 1. The van der Waals surface area contributed by atoms with Gasteiger partial charge in [0.05, 0.1) is 4.90 Å². The first kappa shape index (κ1) is 17.6. The second-order valence-corrected chi connectivity index (χ2v) is 7.11. The molecule has 23 heavy (non-hydrogen) atoms. The van der Waals surface area contributed by atoms with Crippen LogP contribution in [0.5, 0.6) is 0 Å². The van der Waals surface area contributed by atoms with Gasteiger partial charge in [0.25, 0.3) is 0 Å². The highest BCUT2D eigenvalue weighted by Gasteiger charge is 2.29. The van der Waals surface area contributed by atoms with Crippen LogP contribution >= 0.6 is 0 Å². The van der Waals surface area contributed by atoms with Gasteiger partial charge >= 0.3 is 0 Å². The lowest BCUT2D eigenvalue weighted by atomic mass is 10.1. The quantitative estimate of drug-likeness (QED) is 0.868. The number of likely N-dealkylation sites (tertiary alicyclic amines) is 1. The number of carbonyl (C=O) groups is 2. The molecule has 0 bridgehead atoms. The van der Waals surface area contributed by atoms with Crippen LogP contribution in [0.3, 0.4) is 0 Å². The molecular weight excluding hydrogens is 323 g/mol. The highest BCUT2D eigenvalue weighted by atomic mass is 32.2. The Morgan fingerprint density at radius 3 is 2.35 bits per heavy atom. The Kier molecular flexibility index (Phi) is 5.48. The van der Waals surface area contributed by atoms with Crippen LogP contribution in [0.15, 0.2) is 29.2 Å². The SMILES string of the molecule is CCC(NS(=O)(=O)c1ccc(F)cc1)C(=O)N1CCC(=O)CC1. The van der Waals surface area contributed by atoms with Gasteiger partial charge in [-0.05, 0) is 30.7 Å². The summed E-state index contributed by atoms with van der Waals surface area (Å²) in [7, 11) is -3.91. The van der Waals surface area contributed by atoms with Crippen LogP contribution < -0.4 is 4.72 Å². The Balaban J connectivity index is 2.10. The fraction of sp³-hybridized carbons (Fsp3) is 0.467. The molecule has 0 saturated carbocycles. The lowest BCUT2D eigenvalue weighted by Gasteiger charge is -2.29. The van der Waals surface area contributed by atoms with Crippen LogP contribution in [-0.4, -0.2) is 44.1 Å². The third kappa shape index (κ3) is 4.35. The first-order chi connectivity index (χ1) is 10.8. The maximum Gasteiger partial charge on any atom is 0.241 e. The number of rotatable bonds is 5. The minimum atomic E-state index is -3.91. The number of piperidine rings is 1. The van der Waals surface area contributed by atoms with Crippen molar-refractivity contribution in [3.8, 4) is 0 Å². The molecule has 1 unspecified atom stereocenters. The molecule has 0 aromatic heterocycles. The van der Waals surface area contributed by atoms with E-state index in [-0.39, 0.29) is 23.0 Å². The van der Waals surface area contributed by atoms with Gasteiger partial charge in [0.2, 0.25) is 15.9 Å². The number of hydrogen-bond donors (Lipinski definition) is 1. The molecule has 1 aliphatic heterocycles. The Bertz CT molecular complexity index is 678. The number of carbonyl (C=O) groups excluding carboxylic acids is 2. The fourth-order valence-electron chi connectivity index (χ4n) is 2.37. The van der Waals surface area contributed by atoms with Crippen LogP contribution in [0.25, 0.3) is 0 Å². The summed E-state index contributed by atoms with van der Waals surface area (Å²) in [6, 6.07) is 3.49. The van der Waals surface area contributed by atoms with Crippen molar-refractivity contribution < 1.29 is 22.4 Å². The molecule has 0 aliphatic carbocycles. The molecule has 1 atom stereocenters. The van der Waals surface area contributed by atoms with E-state index in [1.165, 1.54) is 4.90 Å². The Morgan fingerprint density at radius 2 is 1.83 bits per heavy atom. The average molecular weight is 342 g/mol. The number of halogens is 1. The topological polar surface area (TPSA) is 83.6 Å². The van der Waals surface area contributed by atoms with E-state index < -0.39 is 21.9 Å². The van der Waals surface area contributed by atoms with Crippen molar-refractivity contribution in [1.82, 2.24) is 9.62 Å². The smallest absolute Gasteiger partial charge is 0.241 e. The van der Waals surface area contributed by atoms with Crippen LogP contribution in [0, 0.1) is 5.82 Å². The van der Waals surface area contributed by atoms with E-state index in [0.717, 1.165) is 24.3 Å². The van der Waals surface area contributed by atoms with Gasteiger partial charge in [0.15, 0.2) is 0 Å². The van der Waals surface area contributed by atoms with Gasteiger partial charge in [-0.2, -0.15) is 4.72 Å². The molecule has 1 heterocycles. The number of Topliss-reactive ketones (excluding diaryl/α,β-unsaturated/α-hetero) is 1. The predicted molar refractivity (Wildman–Crippen MR) is 81.6 cm³/mol. The summed E-state index contributed by atoms with van der Waals surface area (Å²) in [6.45, 7) is 2.32. The molecule has 126 valence electrons. The van der Waals surface area contributed by atoms with E-state index in [1.807, 2.05) is 0 Å². The molecule has 6 nitrogen and oxygen atoms in total. The molecule has 0 radical (unpaired) electrons. The summed E-state index contributed by atoms with van der Waals surface area (Å²) in [6.07, 6.45) is 0.878. The zero-order valence-corrected chi connectivity index (χ0v) is 13.6. The highest BCUT2D eigenvalue weighted by Crippen LogP contribution is 2.13. The van der Waals surface area contributed by atoms with Crippen molar-refractivity contribution in [2.75, 3.05) is 13.1 Å². The van der Waals surface area contributed by atoms with Crippen LogP contribution in [-0.2, 0) is 19.6 Å². The zero-order valence-electron chi connectivity index (χ0n) is 12.8. The van der Waals surface area contributed by atoms with Crippen molar-refractivity contribution in [3.63, 3.8) is 0 Å². The standard InChI is InChI=1S/C15H19FN2O4S/c1-2-14(15(20)18-9-7-12(19)8-10-18)17-23(21,22)13-5-3-11(16)4-6-13/h3-6,14,17H,2,7-10H2,1H3. The number of benzene rings is 1. The summed E-state index contributed by atoms with van der Waals surface area (Å²) >= 11 is 0. The molecule has 8 heteroatoms. The van der Waals surface area contributed by atoms with Crippen LogP contribution in [0.1, 0.15) is 26.2 Å². The fourth-order valence-corrected chi connectivity index (χ4v) is 3.65. The number of amides is 1. The van der Waals surface area contributed by atoms with Gasteiger partial charge in [-0.25, -0.2) is 12.8 Å². The second kappa shape index (κ2) is 7.18. The van der Waals surface area contributed by atoms with Gasteiger partial charge in [0, 0.05) is 25.9 Å². The van der Waals surface area contributed by atoms with Crippen molar-refractivity contribution in [3.05, 3.63) is 30.1 Å². The monoisotopic (exact) mass is 342 g/mol. The lowest BCUT2D eigenvalue weighted by molar-refractivity contribution is -0.136. The van der Waals surface area contributed by atoms with Crippen molar-refractivity contribution in [1.29, 1.82) is 0 Å². The van der Waals surface area contributed by atoms with Gasteiger partial charge < -0.3 is 4.90 Å². The van der Waals surface area contributed by atoms with Gasteiger partial charge in [0.1, 0.15) is 17.6 Å². The Hall–Kier alpha value is -1.80. The highest BCUT2D eigenvalue weighted by molar-refractivity contribution is 7.89. The van der Waals surface area contributed by atoms with Crippen LogP contribution in [0.2, 0.25) is 0 Å². The molecule has 1 aliphatic rings. The van der Waals surface area contributed by atoms with E-state index >= 15 is 0 Å². The average Bonchev–Trinajstić information content (AvgIpc) is 2.53. The van der Waals surface area contributed by atoms with E-state index in [0.29, 0.717) is 25.9 Å². The number of hydrogen-bond acceptors (Lipinski definition) is 4. The van der Waals surface area contributed by atoms with Gasteiger partial charge in [-0.15, -0.1) is 0 Å². The number of ketones is 1. The molecule has 1 aromatic carbocycles. The lowest BCUT2D eigenvalue weighted by Crippen LogP contribution is -2.50. The molecule has 1 amide bonds. The summed E-state index contributed by atoms with van der Waals surface area (Å²) < 4.78 is 39.9. The molecular formula is C15H19FN2O4S. The summed E-state index contributed by atoms with van der Waals surface area (Å²) in [5.41, 5.74) is 0. The van der Waals surface area contributed by atoms with E-state index in [4.69, 9.17) is 0 Å². The molecule has 1 N–H and O–H groups in total. The van der Waals surface area contributed by atoms with E-state index in [1.54, 1.807) is 6.92 Å². The number of sulfonamides is 1. The van der Waals surface area contributed by atoms with E-state index in [9.17, 15) is 22.4 Å². The molecule has 1 aromatic rings. The summed E-state index contributed by atoms with van der Waals surface area (Å²) in [5, 5.41) is 0. The Labute approximate surface area is 134 Å². The van der Waals surface area contributed by atoms with Gasteiger partial charge in [-0.1, -0.05) is 6.92 Å². The summed E-state index contributed by atoms with van der Waals surface area (Å²) in [4.78, 5) is 25.1. The first-order valence-electron chi connectivity index (χ1n) is 7.42. The molecule has 1 saturated heterocycles. The predicted octanol–water partition coefficient (Wildman–Crippen LogP) is 1.07. The zero-order chi connectivity index (χ0) is 17.0. The molecule has 0 spiro atoms. The molecule has 1 fully saturated rings. The van der Waals surface area contributed by atoms with Crippen molar-refractivity contribution in [2.45, 2.75) is 37.1 Å². The normalized spacial score (nSPS) is 17.1. The third-order valence-corrected chi connectivity index (χ3v) is 5.25. The third-order valence-electron chi connectivity index (χ3n) is 3.76. The maximum atomic E-state index is 12.9. The van der Waals surface area contributed by atoms with Gasteiger partial charge in [-0.3, -0.25) is 9.59 Å². The first-order valence-corrected chi connectivity index (χ1v) is 8.90. The number of nitrogens with one attached hydrogen (secondary N) is 1. The minimum absolute atomic E-state index is 0.0982.